The second-order valence-electron chi connectivity index (χ2n) is 14.3. The molecule has 0 aliphatic heterocycles. The number of nitrogens with zero attached hydrogens (tertiary/aromatic N) is 1. The van der Waals surface area contributed by atoms with Gasteiger partial charge in [-0.1, -0.05) is 60.1 Å². The van der Waals surface area contributed by atoms with Gasteiger partial charge in [0.15, 0.2) is 11.6 Å². The van der Waals surface area contributed by atoms with Crippen molar-refractivity contribution in [2.45, 2.75) is 99.8 Å². The molecule has 202 valence electrons. The molecule has 4 aliphatic rings. The van der Waals surface area contributed by atoms with E-state index in [1.54, 1.807) is 7.05 Å². The molecule has 5 heteroatoms. The lowest BCUT2D eigenvalue weighted by Gasteiger charge is -2.61. The van der Waals surface area contributed by atoms with Gasteiger partial charge in [-0.15, -0.1) is 0 Å². The average Bonchev–Trinajstić information content (AvgIpc) is 2.82. The first-order chi connectivity index (χ1) is 17.1. The number of carbonyl (C=O) groups is 3. The summed E-state index contributed by atoms with van der Waals surface area (Å²) in [5.41, 5.74) is 0.0855. The molecule has 1 unspecified atom stereocenters. The van der Waals surface area contributed by atoms with Crippen LogP contribution in [0.2, 0.25) is 0 Å². The zero-order valence-corrected chi connectivity index (χ0v) is 24.2. The predicted octanol–water partition coefficient (Wildman–Crippen LogP) is 6.34. The van der Waals surface area contributed by atoms with Crippen molar-refractivity contribution in [2.75, 3.05) is 7.05 Å². The van der Waals surface area contributed by atoms with Gasteiger partial charge in [0.1, 0.15) is 6.07 Å². The molecule has 1 N–H and O–H groups in total. The van der Waals surface area contributed by atoms with Crippen molar-refractivity contribution in [3.63, 3.8) is 0 Å². The summed E-state index contributed by atoms with van der Waals surface area (Å²) in [6.07, 6.45) is 10.5. The highest BCUT2D eigenvalue weighted by Crippen LogP contribution is 2.68. The molecule has 2 saturated carbocycles. The van der Waals surface area contributed by atoms with Gasteiger partial charge in [-0.25, -0.2) is 0 Å². The molecule has 0 spiro atoms. The number of nitriles is 1. The van der Waals surface area contributed by atoms with Crippen LogP contribution in [0.5, 0.6) is 0 Å². The highest BCUT2D eigenvalue weighted by molar-refractivity contribution is 6.02. The van der Waals surface area contributed by atoms with Crippen LogP contribution < -0.4 is 5.32 Å². The second kappa shape index (κ2) is 8.92. The monoisotopic (exact) mass is 506 g/mol. The van der Waals surface area contributed by atoms with E-state index in [0.717, 1.165) is 50.5 Å². The van der Waals surface area contributed by atoms with E-state index in [9.17, 15) is 19.6 Å². The third-order valence-corrected chi connectivity index (χ3v) is 11.8. The van der Waals surface area contributed by atoms with E-state index in [-0.39, 0.29) is 57.0 Å². The van der Waals surface area contributed by atoms with Crippen LogP contribution in [0.3, 0.4) is 0 Å². The molecule has 0 aromatic heterocycles. The Morgan fingerprint density at radius 1 is 1.08 bits per heavy atom. The normalized spacial score (nSPS) is 43.1. The average molecular weight is 507 g/mol. The Kier molecular flexibility index (Phi) is 6.71. The Hall–Kier alpha value is -2.22. The Morgan fingerprint density at radius 2 is 1.76 bits per heavy atom. The van der Waals surface area contributed by atoms with E-state index in [0.29, 0.717) is 6.42 Å². The van der Waals surface area contributed by atoms with Gasteiger partial charge in [0, 0.05) is 24.8 Å². The van der Waals surface area contributed by atoms with E-state index in [1.165, 1.54) is 0 Å². The maximum absolute atomic E-state index is 13.4. The maximum atomic E-state index is 13.4. The maximum Gasteiger partial charge on any atom is 0.226 e. The number of hydrogen-bond acceptors (Lipinski definition) is 4. The quantitative estimate of drug-likeness (QED) is 0.482. The fourth-order valence-electron chi connectivity index (χ4n) is 9.12. The summed E-state index contributed by atoms with van der Waals surface area (Å²) in [5, 5.41) is 12.7. The van der Waals surface area contributed by atoms with Crippen LogP contribution in [0, 0.1) is 56.2 Å². The minimum Gasteiger partial charge on any atom is -0.359 e. The van der Waals surface area contributed by atoms with Crippen molar-refractivity contribution in [3.8, 4) is 6.07 Å². The molecule has 5 nitrogen and oxygen atoms in total. The number of rotatable bonds is 4. The zero-order chi connectivity index (χ0) is 27.6. The molecular formula is C32H46N2O3. The van der Waals surface area contributed by atoms with Crippen LogP contribution in [0.25, 0.3) is 0 Å². The summed E-state index contributed by atoms with van der Waals surface area (Å²) in [4.78, 5) is 39.6. The van der Waals surface area contributed by atoms with Crippen LogP contribution in [0.4, 0.5) is 0 Å². The van der Waals surface area contributed by atoms with Crippen LogP contribution in [-0.4, -0.2) is 24.5 Å². The number of carbonyl (C=O) groups excluding carboxylic acids is 3. The van der Waals surface area contributed by atoms with Crippen molar-refractivity contribution in [1.29, 1.82) is 5.26 Å². The Balaban J connectivity index is 1.73. The number of Topliss-reactive ketones (excluding diaryl/α,β-unsaturated/α-hetero) is 1. The summed E-state index contributed by atoms with van der Waals surface area (Å²) in [6.45, 7) is 15.5. The molecule has 0 aromatic carbocycles. The summed E-state index contributed by atoms with van der Waals surface area (Å²) < 4.78 is 0. The Labute approximate surface area is 223 Å². The fourth-order valence-corrected chi connectivity index (χ4v) is 9.12. The van der Waals surface area contributed by atoms with Gasteiger partial charge in [0.05, 0.1) is 11.0 Å². The van der Waals surface area contributed by atoms with E-state index >= 15 is 0 Å². The fraction of sp³-hybridized carbons (Fsp3) is 0.750. The molecule has 1 amide bonds. The van der Waals surface area contributed by atoms with Crippen molar-refractivity contribution >= 4 is 17.5 Å². The lowest BCUT2D eigenvalue weighted by molar-refractivity contribution is -0.140. The van der Waals surface area contributed by atoms with Crippen LogP contribution in [0.1, 0.15) is 99.8 Å². The van der Waals surface area contributed by atoms with Gasteiger partial charge in [0.2, 0.25) is 5.91 Å². The number of amides is 1. The van der Waals surface area contributed by atoms with Crippen LogP contribution in [-0.2, 0) is 14.4 Å². The Morgan fingerprint density at radius 3 is 2.35 bits per heavy atom. The zero-order valence-electron chi connectivity index (χ0n) is 24.2. The van der Waals surface area contributed by atoms with E-state index in [4.69, 9.17) is 0 Å². The number of ketones is 2. The lowest BCUT2D eigenvalue weighted by atomic mass is 9.41. The van der Waals surface area contributed by atoms with Gasteiger partial charge in [-0.2, -0.15) is 5.26 Å². The number of hydrogen-bond donors (Lipinski definition) is 1. The molecule has 0 aromatic rings. The molecule has 0 heterocycles. The SMILES string of the molecule is CNC(=O)[C@]1(CC[C@]2(C)CC(=O)C=C3[C@@]4(C)C=C(C#N)C(=O)[C@@H](C)[C@@H]4CC[C@]32C)CCC(C)(C)CC1C. The van der Waals surface area contributed by atoms with Gasteiger partial charge in [0.25, 0.3) is 0 Å². The molecule has 2 fully saturated rings. The molecule has 0 radical (unpaired) electrons. The van der Waals surface area contributed by atoms with Gasteiger partial charge >= 0.3 is 0 Å². The minimum atomic E-state index is -0.497. The molecule has 37 heavy (non-hydrogen) atoms. The van der Waals surface area contributed by atoms with Crippen molar-refractivity contribution in [3.05, 3.63) is 23.3 Å². The minimum absolute atomic E-state index is 0.0687. The third-order valence-electron chi connectivity index (χ3n) is 11.8. The van der Waals surface area contributed by atoms with Gasteiger partial charge in [-0.05, 0) is 79.1 Å². The first kappa shape index (κ1) is 27.8. The smallest absolute Gasteiger partial charge is 0.226 e. The first-order valence-corrected chi connectivity index (χ1v) is 14.2. The summed E-state index contributed by atoms with van der Waals surface area (Å²) in [5.74, 6) is 0.312. The molecule has 4 aliphatic carbocycles. The largest absolute Gasteiger partial charge is 0.359 e. The third kappa shape index (κ3) is 4.05. The Bertz CT molecular complexity index is 1130. The van der Waals surface area contributed by atoms with E-state index < -0.39 is 10.8 Å². The van der Waals surface area contributed by atoms with Crippen LogP contribution >= 0.6 is 0 Å². The number of fused-ring (bicyclic) bond motifs is 3. The van der Waals surface area contributed by atoms with E-state index in [2.05, 4.69) is 52.9 Å². The molecule has 7 atom stereocenters. The number of nitrogens with one attached hydrogen (secondary N) is 1. The molecular weight excluding hydrogens is 460 g/mol. The van der Waals surface area contributed by atoms with E-state index in [1.807, 2.05) is 19.1 Å². The van der Waals surface area contributed by atoms with Gasteiger partial charge < -0.3 is 5.32 Å². The molecule has 0 bridgehead atoms. The highest BCUT2D eigenvalue weighted by atomic mass is 16.2. The van der Waals surface area contributed by atoms with Crippen molar-refractivity contribution < 1.29 is 14.4 Å². The molecule has 0 saturated heterocycles. The highest BCUT2D eigenvalue weighted by Gasteiger charge is 2.61. The first-order valence-electron chi connectivity index (χ1n) is 14.2. The number of allylic oxidation sites excluding steroid dienone is 4. The van der Waals surface area contributed by atoms with Crippen LogP contribution in [0.15, 0.2) is 23.3 Å². The second-order valence-corrected chi connectivity index (χ2v) is 14.3. The standard InChI is InChI=1S/C32H46N2O3/c1-20-16-28(3,4)11-13-32(20,27(37)34-8)14-12-29(5)18-23(35)15-25-30(6)17-22(19-33)26(36)21(2)24(30)9-10-31(25,29)7/h15,17,20-21,24H,9-14,16,18H2,1-8H3,(H,34,37)/t20?,21-,24-,29+,30-,31+,32-/m0/s1. The van der Waals surface area contributed by atoms with Crippen molar-refractivity contribution in [1.82, 2.24) is 5.32 Å². The summed E-state index contributed by atoms with van der Waals surface area (Å²) in [7, 11) is 1.75. The van der Waals surface area contributed by atoms with Crippen molar-refractivity contribution in [2.24, 2.45) is 44.8 Å². The summed E-state index contributed by atoms with van der Waals surface area (Å²) >= 11 is 0. The van der Waals surface area contributed by atoms with Gasteiger partial charge in [-0.3, -0.25) is 14.4 Å². The summed E-state index contributed by atoms with van der Waals surface area (Å²) in [6, 6.07) is 2.14. The lowest BCUT2D eigenvalue weighted by Crippen LogP contribution is -2.56. The predicted molar refractivity (Wildman–Crippen MR) is 145 cm³/mol. The topological polar surface area (TPSA) is 87.0 Å². The molecule has 4 rings (SSSR count).